The van der Waals surface area contributed by atoms with Crippen molar-refractivity contribution < 1.29 is 14.0 Å². The van der Waals surface area contributed by atoms with E-state index in [0.717, 1.165) is 5.56 Å². The van der Waals surface area contributed by atoms with E-state index in [1.807, 2.05) is 0 Å². The van der Waals surface area contributed by atoms with Gasteiger partial charge in [0.1, 0.15) is 5.76 Å². The second-order valence-corrected chi connectivity index (χ2v) is 4.85. The highest BCUT2D eigenvalue weighted by molar-refractivity contribution is 6.35. The average Bonchev–Trinajstić information content (AvgIpc) is 3.03. The molecular formula is C15H14ClN3O3. The molecule has 2 aromatic rings. The summed E-state index contributed by atoms with van der Waals surface area (Å²) in [7, 11) is 0. The van der Waals surface area contributed by atoms with Gasteiger partial charge in [-0.1, -0.05) is 23.7 Å². The number of carbonyl (C=O) groups is 2. The Morgan fingerprint density at radius 3 is 2.73 bits per heavy atom. The van der Waals surface area contributed by atoms with Crippen molar-refractivity contribution in [2.24, 2.45) is 5.10 Å². The number of hydrazone groups is 1. The minimum absolute atomic E-state index is 0.135. The number of rotatable bonds is 4. The van der Waals surface area contributed by atoms with Gasteiger partial charge in [0.15, 0.2) is 0 Å². The Bertz CT molecular complexity index is 696. The normalized spacial score (nSPS) is 11.1. The number of carbonyl (C=O) groups excluding carboxylic acids is 2. The highest BCUT2D eigenvalue weighted by Gasteiger charge is 2.13. The predicted octanol–water partition coefficient (Wildman–Crippen LogP) is 2.09. The van der Waals surface area contributed by atoms with Crippen molar-refractivity contribution in [2.75, 3.05) is 0 Å². The molecule has 1 aromatic heterocycles. The highest BCUT2D eigenvalue weighted by Crippen LogP contribution is 2.11. The summed E-state index contributed by atoms with van der Waals surface area (Å²) in [5.74, 6) is -1.09. The van der Waals surface area contributed by atoms with Crippen LogP contribution >= 0.6 is 11.6 Å². The largest absolute Gasteiger partial charge is 0.467 e. The molecule has 22 heavy (non-hydrogen) atoms. The number of amides is 2. The van der Waals surface area contributed by atoms with E-state index < -0.39 is 11.8 Å². The Balaban J connectivity index is 1.88. The Hall–Kier alpha value is -2.60. The van der Waals surface area contributed by atoms with Crippen LogP contribution in [-0.2, 0) is 16.1 Å². The molecule has 1 aromatic carbocycles. The first kappa shape index (κ1) is 15.8. The molecule has 0 fully saturated rings. The Kier molecular flexibility index (Phi) is 5.32. The third-order valence-corrected chi connectivity index (χ3v) is 3.01. The first-order chi connectivity index (χ1) is 10.6. The van der Waals surface area contributed by atoms with E-state index in [2.05, 4.69) is 15.8 Å². The molecule has 7 heteroatoms. The topological polar surface area (TPSA) is 83.7 Å². The fourth-order valence-corrected chi connectivity index (χ4v) is 1.81. The number of hydrogen-bond donors (Lipinski definition) is 2. The quantitative estimate of drug-likeness (QED) is 0.514. The van der Waals surface area contributed by atoms with E-state index in [0.29, 0.717) is 16.5 Å². The molecule has 0 aliphatic rings. The van der Waals surface area contributed by atoms with Crippen molar-refractivity contribution in [1.29, 1.82) is 0 Å². The molecule has 6 nitrogen and oxygen atoms in total. The Labute approximate surface area is 132 Å². The standard InChI is InChI=1S/C15H14ClN3O3/c1-10(11-4-2-5-12(16)8-11)18-19-15(21)14(20)17-9-13-6-3-7-22-13/h2-8H,9H2,1H3,(H,17,20)(H,19,21)/b18-10-. The van der Waals surface area contributed by atoms with Crippen LogP contribution in [0.25, 0.3) is 0 Å². The van der Waals surface area contributed by atoms with E-state index >= 15 is 0 Å². The molecule has 0 saturated heterocycles. The third-order valence-electron chi connectivity index (χ3n) is 2.78. The van der Waals surface area contributed by atoms with Crippen LogP contribution in [0.1, 0.15) is 18.2 Å². The minimum atomic E-state index is -0.854. The molecule has 0 bridgehead atoms. The van der Waals surface area contributed by atoms with Crippen LogP contribution < -0.4 is 10.7 Å². The molecule has 2 amide bonds. The summed E-state index contributed by atoms with van der Waals surface area (Å²) in [6, 6.07) is 10.4. The van der Waals surface area contributed by atoms with Gasteiger partial charge in [0.25, 0.3) is 0 Å². The lowest BCUT2D eigenvalue weighted by Gasteiger charge is -2.04. The summed E-state index contributed by atoms with van der Waals surface area (Å²) >= 11 is 5.88. The molecule has 0 saturated carbocycles. The van der Waals surface area contributed by atoms with Crippen LogP contribution in [-0.4, -0.2) is 17.5 Å². The monoisotopic (exact) mass is 319 g/mol. The van der Waals surface area contributed by atoms with E-state index in [-0.39, 0.29) is 6.54 Å². The van der Waals surface area contributed by atoms with Crippen molar-refractivity contribution in [1.82, 2.24) is 10.7 Å². The summed E-state index contributed by atoms with van der Waals surface area (Å²) in [6.45, 7) is 1.84. The number of halogens is 1. The second-order valence-electron chi connectivity index (χ2n) is 4.41. The molecule has 0 radical (unpaired) electrons. The molecule has 0 atom stereocenters. The van der Waals surface area contributed by atoms with Crippen molar-refractivity contribution in [3.05, 3.63) is 59.0 Å². The lowest BCUT2D eigenvalue weighted by atomic mass is 10.1. The molecule has 0 aliphatic heterocycles. The zero-order chi connectivity index (χ0) is 15.9. The number of furan rings is 1. The summed E-state index contributed by atoms with van der Waals surface area (Å²) < 4.78 is 5.04. The Morgan fingerprint density at radius 2 is 2.05 bits per heavy atom. The molecule has 0 spiro atoms. The van der Waals surface area contributed by atoms with Crippen LogP contribution in [0.3, 0.4) is 0 Å². The molecule has 0 aliphatic carbocycles. The molecular weight excluding hydrogens is 306 g/mol. The zero-order valence-corrected chi connectivity index (χ0v) is 12.6. The average molecular weight is 320 g/mol. The van der Waals surface area contributed by atoms with E-state index in [1.165, 1.54) is 6.26 Å². The van der Waals surface area contributed by atoms with Gasteiger partial charge in [0.05, 0.1) is 18.5 Å². The van der Waals surface area contributed by atoms with Crippen molar-refractivity contribution in [3.63, 3.8) is 0 Å². The van der Waals surface area contributed by atoms with Gasteiger partial charge in [0.2, 0.25) is 0 Å². The van der Waals surface area contributed by atoms with E-state index in [1.54, 1.807) is 43.3 Å². The van der Waals surface area contributed by atoms with Crippen LogP contribution in [0, 0.1) is 0 Å². The van der Waals surface area contributed by atoms with Crippen molar-refractivity contribution in [3.8, 4) is 0 Å². The molecule has 2 rings (SSSR count). The molecule has 2 N–H and O–H groups in total. The molecule has 0 unspecified atom stereocenters. The minimum Gasteiger partial charge on any atom is -0.467 e. The number of nitrogens with one attached hydrogen (secondary N) is 2. The summed E-state index contributed by atoms with van der Waals surface area (Å²) in [5.41, 5.74) is 3.48. The van der Waals surface area contributed by atoms with Crippen molar-refractivity contribution in [2.45, 2.75) is 13.5 Å². The fraction of sp³-hybridized carbons (Fsp3) is 0.133. The SMILES string of the molecule is C/C(=N/NC(=O)C(=O)NCc1ccco1)c1cccc(Cl)c1. The maximum atomic E-state index is 11.6. The highest BCUT2D eigenvalue weighted by atomic mass is 35.5. The Morgan fingerprint density at radius 1 is 1.23 bits per heavy atom. The van der Waals surface area contributed by atoms with Gasteiger partial charge in [-0.05, 0) is 36.8 Å². The number of hydrogen-bond acceptors (Lipinski definition) is 4. The summed E-state index contributed by atoms with van der Waals surface area (Å²) in [4.78, 5) is 23.2. The first-order valence-electron chi connectivity index (χ1n) is 6.47. The van der Waals surface area contributed by atoms with Crippen molar-refractivity contribution >= 4 is 29.1 Å². The lowest BCUT2D eigenvalue weighted by Crippen LogP contribution is -2.37. The van der Waals surface area contributed by atoms with Gasteiger partial charge in [-0.2, -0.15) is 5.10 Å². The summed E-state index contributed by atoms with van der Waals surface area (Å²) in [6.07, 6.45) is 1.49. The number of nitrogens with zero attached hydrogens (tertiary/aromatic N) is 1. The molecule has 114 valence electrons. The zero-order valence-electron chi connectivity index (χ0n) is 11.8. The molecule has 1 heterocycles. The van der Waals surface area contributed by atoms with Gasteiger partial charge in [-0.3, -0.25) is 9.59 Å². The van der Waals surface area contributed by atoms with E-state index in [4.69, 9.17) is 16.0 Å². The predicted molar refractivity (Wildman–Crippen MR) is 82.4 cm³/mol. The van der Waals surface area contributed by atoms with Crippen LogP contribution in [0.15, 0.2) is 52.2 Å². The van der Waals surface area contributed by atoms with Gasteiger partial charge in [0, 0.05) is 5.02 Å². The van der Waals surface area contributed by atoms with Gasteiger partial charge in [-0.15, -0.1) is 0 Å². The maximum absolute atomic E-state index is 11.6. The number of benzene rings is 1. The lowest BCUT2D eigenvalue weighted by molar-refractivity contribution is -0.139. The van der Waals surface area contributed by atoms with Crippen LogP contribution in [0.5, 0.6) is 0 Å². The smallest absolute Gasteiger partial charge is 0.329 e. The van der Waals surface area contributed by atoms with Crippen LogP contribution in [0.2, 0.25) is 5.02 Å². The summed E-state index contributed by atoms with van der Waals surface area (Å²) in [5, 5.41) is 6.86. The van der Waals surface area contributed by atoms with Gasteiger partial charge >= 0.3 is 11.8 Å². The third kappa shape index (κ3) is 4.46. The second kappa shape index (κ2) is 7.42. The first-order valence-corrected chi connectivity index (χ1v) is 6.85. The fourth-order valence-electron chi connectivity index (χ4n) is 1.62. The van der Waals surface area contributed by atoms with E-state index in [9.17, 15) is 9.59 Å². The van der Waals surface area contributed by atoms with Crippen LogP contribution in [0.4, 0.5) is 0 Å². The van der Waals surface area contributed by atoms with Gasteiger partial charge in [-0.25, -0.2) is 5.43 Å². The van der Waals surface area contributed by atoms with Gasteiger partial charge < -0.3 is 9.73 Å². The maximum Gasteiger partial charge on any atom is 0.329 e.